The molecule has 1 atom stereocenters. The van der Waals surface area contributed by atoms with Gasteiger partial charge in [0.2, 0.25) is 0 Å². The Hall–Kier alpha value is -0.590. The van der Waals surface area contributed by atoms with Gasteiger partial charge in [0.1, 0.15) is 0 Å². The molecule has 0 aliphatic rings. The molecule has 0 amide bonds. The number of thiophene rings is 1. The minimum Gasteiger partial charge on any atom is -0.271 e. The minimum atomic E-state index is -4.08. The maximum absolute atomic E-state index is 12.0. The van der Waals surface area contributed by atoms with E-state index in [0.29, 0.717) is 6.42 Å². The summed E-state index contributed by atoms with van der Waals surface area (Å²) in [6.07, 6.45) is -4.34. The molecule has 0 radical (unpaired) electrons. The zero-order valence-corrected chi connectivity index (χ0v) is 9.79. The zero-order valence-electron chi connectivity index (χ0n) is 8.97. The summed E-state index contributed by atoms with van der Waals surface area (Å²) < 4.78 is 35.9. The summed E-state index contributed by atoms with van der Waals surface area (Å²) >= 11 is 1.52. The van der Waals surface area contributed by atoms with Crippen molar-refractivity contribution >= 4 is 11.3 Å². The third kappa shape index (κ3) is 4.11. The van der Waals surface area contributed by atoms with E-state index in [1.165, 1.54) is 11.3 Å². The molecule has 0 saturated carbocycles. The van der Waals surface area contributed by atoms with Gasteiger partial charge < -0.3 is 0 Å². The van der Waals surface area contributed by atoms with Crippen LogP contribution in [0.5, 0.6) is 0 Å². The number of hydrogen-bond donors (Lipinski definition) is 2. The van der Waals surface area contributed by atoms with Crippen molar-refractivity contribution in [1.29, 1.82) is 0 Å². The van der Waals surface area contributed by atoms with Crippen LogP contribution in [0.25, 0.3) is 0 Å². The molecule has 3 N–H and O–H groups in total. The van der Waals surface area contributed by atoms with Crippen molar-refractivity contribution in [3.8, 4) is 0 Å². The minimum absolute atomic E-state index is 0.0930. The SMILES string of the molecule is Cc1ccsc1C(CCCC(F)(F)F)NN. The third-order valence-electron chi connectivity index (χ3n) is 2.37. The number of hydrogen-bond acceptors (Lipinski definition) is 3. The fraction of sp³-hybridized carbons (Fsp3) is 0.600. The number of halogens is 3. The summed E-state index contributed by atoms with van der Waals surface area (Å²) in [5.74, 6) is 5.36. The van der Waals surface area contributed by atoms with Crippen LogP contribution in [0.2, 0.25) is 0 Å². The Morgan fingerprint density at radius 1 is 1.50 bits per heavy atom. The molecule has 0 aliphatic heterocycles. The van der Waals surface area contributed by atoms with Gasteiger partial charge in [-0.1, -0.05) is 0 Å². The molecular formula is C10H15F3N2S. The molecule has 0 aliphatic carbocycles. The highest BCUT2D eigenvalue weighted by Gasteiger charge is 2.27. The van der Waals surface area contributed by atoms with Crippen molar-refractivity contribution in [2.45, 2.75) is 38.4 Å². The predicted molar refractivity (Wildman–Crippen MR) is 59.0 cm³/mol. The molecule has 1 rings (SSSR count). The van der Waals surface area contributed by atoms with E-state index in [0.717, 1.165) is 10.4 Å². The predicted octanol–water partition coefficient (Wildman–Crippen LogP) is 3.29. The average molecular weight is 252 g/mol. The normalized spacial score (nSPS) is 14.1. The molecule has 0 saturated heterocycles. The number of nitrogens with two attached hydrogens (primary N) is 1. The van der Waals surface area contributed by atoms with E-state index in [2.05, 4.69) is 5.43 Å². The lowest BCUT2D eigenvalue weighted by atomic mass is 10.1. The maximum Gasteiger partial charge on any atom is 0.389 e. The quantitative estimate of drug-likeness (QED) is 0.623. The van der Waals surface area contributed by atoms with E-state index < -0.39 is 12.6 Å². The lowest BCUT2D eigenvalue weighted by molar-refractivity contribution is -0.135. The van der Waals surface area contributed by atoms with E-state index in [9.17, 15) is 13.2 Å². The molecule has 1 heterocycles. The number of alkyl halides is 3. The Bertz CT molecular complexity index is 322. The van der Waals surface area contributed by atoms with Crippen LogP contribution in [-0.2, 0) is 0 Å². The van der Waals surface area contributed by atoms with Crippen LogP contribution in [-0.4, -0.2) is 6.18 Å². The molecule has 92 valence electrons. The maximum atomic E-state index is 12.0. The van der Waals surface area contributed by atoms with Gasteiger partial charge in [-0.15, -0.1) is 11.3 Å². The number of rotatable bonds is 5. The van der Waals surface area contributed by atoms with Crippen LogP contribution in [0.4, 0.5) is 13.2 Å². The number of aryl methyl sites for hydroxylation is 1. The summed E-state index contributed by atoms with van der Waals surface area (Å²) in [5.41, 5.74) is 3.64. The number of nitrogens with one attached hydrogen (secondary N) is 1. The van der Waals surface area contributed by atoms with Crippen LogP contribution in [0.1, 0.15) is 35.7 Å². The molecule has 2 nitrogen and oxygen atoms in total. The zero-order chi connectivity index (χ0) is 12.2. The summed E-state index contributed by atoms with van der Waals surface area (Å²) in [4.78, 5) is 1.02. The van der Waals surface area contributed by atoms with Gasteiger partial charge in [-0.25, -0.2) is 0 Å². The molecule has 1 aromatic rings. The molecule has 0 spiro atoms. The lowest BCUT2D eigenvalue weighted by Gasteiger charge is -2.16. The Morgan fingerprint density at radius 3 is 2.62 bits per heavy atom. The fourth-order valence-electron chi connectivity index (χ4n) is 1.54. The first kappa shape index (κ1) is 13.5. The summed E-state index contributed by atoms with van der Waals surface area (Å²) in [6, 6.07) is 1.76. The van der Waals surface area contributed by atoms with Gasteiger partial charge in [0.25, 0.3) is 0 Å². The highest BCUT2D eigenvalue weighted by molar-refractivity contribution is 7.10. The van der Waals surface area contributed by atoms with Crippen LogP contribution >= 0.6 is 11.3 Å². The van der Waals surface area contributed by atoms with Crippen molar-refractivity contribution in [3.63, 3.8) is 0 Å². The monoisotopic (exact) mass is 252 g/mol. The molecular weight excluding hydrogens is 237 g/mol. The Kier molecular flexibility index (Phi) is 4.76. The van der Waals surface area contributed by atoms with Crippen LogP contribution in [0, 0.1) is 6.92 Å². The van der Waals surface area contributed by atoms with Crippen molar-refractivity contribution in [1.82, 2.24) is 5.43 Å². The topological polar surface area (TPSA) is 38.0 Å². The fourth-order valence-corrected chi connectivity index (χ4v) is 2.56. The Labute approximate surface area is 96.6 Å². The molecule has 0 aromatic carbocycles. The summed E-state index contributed by atoms with van der Waals surface area (Å²) in [5, 5.41) is 1.92. The lowest BCUT2D eigenvalue weighted by Crippen LogP contribution is -2.28. The Morgan fingerprint density at radius 2 is 2.19 bits per heavy atom. The molecule has 0 bridgehead atoms. The largest absolute Gasteiger partial charge is 0.389 e. The van der Waals surface area contributed by atoms with Gasteiger partial charge in [0.15, 0.2) is 0 Å². The molecule has 1 aromatic heterocycles. The highest BCUT2D eigenvalue weighted by Crippen LogP contribution is 2.29. The second kappa shape index (κ2) is 5.65. The van der Waals surface area contributed by atoms with Crippen LogP contribution < -0.4 is 11.3 Å². The second-order valence-electron chi connectivity index (χ2n) is 3.69. The average Bonchev–Trinajstić information content (AvgIpc) is 2.58. The Balaban J connectivity index is 2.48. The van der Waals surface area contributed by atoms with Gasteiger partial charge in [0, 0.05) is 11.3 Å². The second-order valence-corrected chi connectivity index (χ2v) is 4.64. The van der Waals surface area contributed by atoms with E-state index in [-0.39, 0.29) is 12.5 Å². The first-order valence-electron chi connectivity index (χ1n) is 5.01. The highest BCUT2D eigenvalue weighted by atomic mass is 32.1. The molecule has 0 fully saturated rings. The van der Waals surface area contributed by atoms with E-state index in [1.807, 2.05) is 18.4 Å². The van der Waals surface area contributed by atoms with Gasteiger partial charge in [-0.2, -0.15) is 13.2 Å². The summed E-state index contributed by atoms with van der Waals surface area (Å²) in [7, 11) is 0. The van der Waals surface area contributed by atoms with Crippen molar-refractivity contribution < 1.29 is 13.2 Å². The molecule has 1 unspecified atom stereocenters. The smallest absolute Gasteiger partial charge is 0.271 e. The van der Waals surface area contributed by atoms with E-state index >= 15 is 0 Å². The number of hydrazine groups is 1. The van der Waals surface area contributed by atoms with Gasteiger partial charge >= 0.3 is 6.18 Å². The third-order valence-corrected chi connectivity index (χ3v) is 3.51. The van der Waals surface area contributed by atoms with Crippen LogP contribution in [0.3, 0.4) is 0 Å². The van der Waals surface area contributed by atoms with Crippen LogP contribution in [0.15, 0.2) is 11.4 Å². The van der Waals surface area contributed by atoms with Gasteiger partial charge in [-0.3, -0.25) is 11.3 Å². The molecule has 16 heavy (non-hydrogen) atoms. The summed E-state index contributed by atoms with van der Waals surface area (Å²) in [6.45, 7) is 1.93. The molecule has 6 heteroatoms. The first-order valence-corrected chi connectivity index (χ1v) is 5.89. The standard InChI is InChI=1S/C10H15F3N2S/c1-7-4-6-16-9(7)8(15-14)3-2-5-10(11,12)13/h4,6,8,15H,2-3,5,14H2,1H3. The van der Waals surface area contributed by atoms with Gasteiger partial charge in [-0.05, 0) is 36.8 Å². The van der Waals surface area contributed by atoms with E-state index in [1.54, 1.807) is 0 Å². The van der Waals surface area contributed by atoms with E-state index in [4.69, 9.17) is 5.84 Å². The first-order chi connectivity index (χ1) is 7.44. The van der Waals surface area contributed by atoms with Crippen molar-refractivity contribution in [2.24, 2.45) is 5.84 Å². The van der Waals surface area contributed by atoms with Crippen molar-refractivity contribution in [2.75, 3.05) is 0 Å². The van der Waals surface area contributed by atoms with Crippen molar-refractivity contribution in [3.05, 3.63) is 21.9 Å². The van der Waals surface area contributed by atoms with Gasteiger partial charge in [0.05, 0.1) is 6.04 Å².